The highest BCUT2D eigenvalue weighted by Gasteiger charge is 2.25. The summed E-state index contributed by atoms with van der Waals surface area (Å²) in [5, 5.41) is 3.34. The molecule has 0 aliphatic rings. The van der Waals surface area contributed by atoms with E-state index in [2.05, 4.69) is 26.1 Å². The van der Waals surface area contributed by atoms with E-state index in [9.17, 15) is 4.79 Å². The van der Waals surface area contributed by atoms with Crippen LogP contribution in [0.5, 0.6) is 0 Å². The highest BCUT2D eigenvalue weighted by Crippen LogP contribution is 2.18. The largest absolute Gasteiger partial charge is 0.379 e. The van der Waals surface area contributed by atoms with Crippen LogP contribution in [0.25, 0.3) is 0 Å². The Balaban J connectivity index is 3.70. The number of carbonyl (C=O) groups is 1. The lowest BCUT2D eigenvalue weighted by atomic mass is 9.88. The van der Waals surface area contributed by atoms with Gasteiger partial charge in [-0.25, -0.2) is 0 Å². The molecule has 0 heterocycles. The van der Waals surface area contributed by atoms with E-state index in [1.807, 2.05) is 20.8 Å². The molecule has 0 rings (SSSR count). The SMILES string of the molecule is CCC(=O)C(C)(C)COCCNC(C)(C)C. The van der Waals surface area contributed by atoms with Crippen molar-refractivity contribution in [3.63, 3.8) is 0 Å². The summed E-state index contributed by atoms with van der Waals surface area (Å²) >= 11 is 0. The predicted octanol–water partition coefficient (Wildman–Crippen LogP) is 2.40. The molecule has 3 nitrogen and oxygen atoms in total. The van der Waals surface area contributed by atoms with Crippen molar-refractivity contribution in [1.29, 1.82) is 0 Å². The molecular formula is C13H27NO2. The third kappa shape index (κ3) is 6.96. The minimum Gasteiger partial charge on any atom is -0.379 e. The fourth-order valence-corrected chi connectivity index (χ4v) is 1.38. The number of rotatable bonds is 7. The van der Waals surface area contributed by atoms with E-state index in [-0.39, 0.29) is 16.7 Å². The number of hydrogen-bond acceptors (Lipinski definition) is 3. The van der Waals surface area contributed by atoms with Crippen molar-refractivity contribution in [2.45, 2.75) is 53.5 Å². The smallest absolute Gasteiger partial charge is 0.140 e. The molecule has 0 aromatic carbocycles. The van der Waals surface area contributed by atoms with Crippen LogP contribution in [0, 0.1) is 5.41 Å². The Morgan fingerprint density at radius 1 is 1.19 bits per heavy atom. The van der Waals surface area contributed by atoms with Crippen LogP contribution in [-0.2, 0) is 9.53 Å². The lowest BCUT2D eigenvalue weighted by Gasteiger charge is -2.24. The first-order chi connectivity index (χ1) is 7.19. The molecule has 3 heteroatoms. The van der Waals surface area contributed by atoms with Gasteiger partial charge in [0.15, 0.2) is 0 Å². The summed E-state index contributed by atoms with van der Waals surface area (Å²) in [4.78, 5) is 11.6. The molecule has 0 unspecified atom stereocenters. The first-order valence-corrected chi connectivity index (χ1v) is 6.05. The molecule has 0 amide bonds. The van der Waals surface area contributed by atoms with Crippen LogP contribution in [0.4, 0.5) is 0 Å². The molecule has 0 aromatic heterocycles. The fraction of sp³-hybridized carbons (Fsp3) is 0.923. The van der Waals surface area contributed by atoms with Gasteiger partial charge < -0.3 is 10.1 Å². The summed E-state index contributed by atoms with van der Waals surface area (Å²) in [6, 6.07) is 0. The summed E-state index contributed by atoms with van der Waals surface area (Å²) < 4.78 is 5.53. The number of ketones is 1. The number of hydrogen-bond donors (Lipinski definition) is 1. The molecule has 0 atom stereocenters. The lowest BCUT2D eigenvalue weighted by Crippen LogP contribution is -2.38. The van der Waals surface area contributed by atoms with E-state index < -0.39 is 0 Å². The summed E-state index contributed by atoms with van der Waals surface area (Å²) in [5.74, 6) is 0.260. The second-order valence-electron chi connectivity index (χ2n) is 5.89. The van der Waals surface area contributed by atoms with E-state index in [0.717, 1.165) is 6.54 Å². The quantitative estimate of drug-likeness (QED) is 0.681. The second-order valence-corrected chi connectivity index (χ2v) is 5.89. The van der Waals surface area contributed by atoms with Crippen LogP contribution in [0.15, 0.2) is 0 Å². The Hall–Kier alpha value is -0.410. The second kappa shape index (κ2) is 6.36. The molecule has 0 bridgehead atoms. The maximum absolute atomic E-state index is 11.6. The van der Waals surface area contributed by atoms with E-state index >= 15 is 0 Å². The van der Waals surface area contributed by atoms with Crippen LogP contribution in [0.2, 0.25) is 0 Å². The zero-order valence-electron chi connectivity index (χ0n) is 11.6. The standard InChI is InChI=1S/C13H27NO2/c1-7-11(15)13(5,6)10-16-9-8-14-12(2,3)4/h14H,7-10H2,1-6H3. The summed E-state index contributed by atoms with van der Waals surface area (Å²) in [6.07, 6.45) is 0.580. The van der Waals surface area contributed by atoms with Crippen LogP contribution in [-0.4, -0.2) is 31.1 Å². The third-order valence-electron chi connectivity index (χ3n) is 2.44. The minimum atomic E-state index is -0.351. The van der Waals surface area contributed by atoms with Crippen molar-refractivity contribution in [2.24, 2.45) is 5.41 Å². The van der Waals surface area contributed by atoms with E-state index in [1.54, 1.807) is 0 Å². The molecule has 0 spiro atoms. The zero-order valence-corrected chi connectivity index (χ0v) is 11.6. The van der Waals surface area contributed by atoms with Gasteiger partial charge >= 0.3 is 0 Å². The highest BCUT2D eigenvalue weighted by atomic mass is 16.5. The van der Waals surface area contributed by atoms with Crippen LogP contribution >= 0.6 is 0 Å². The third-order valence-corrected chi connectivity index (χ3v) is 2.44. The van der Waals surface area contributed by atoms with Gasteiger partial charge in [0.1, 0.15) is 5.78 Å². The van der Waals surface area contributed by atoms with Crippen molar-refractivity contribution in [1.82, 2.24) is 5.32 Å². The molecule has 0 aromatic rings. The van der Waals surface area contributed by atoms with Crippen molar-refractivity contribution in [3.05, 3.63) is 0 Å². The number of nitrogens with one attached hydrogen (secondary N) is 1. The summed E-state index contributed by atoms with van der Waals surface area (Å²) in [6.45, 7) is 14.1. The molecule has 0 aliphatic heterocycles. The van der Waals surface area contributed by atoms with Crippen molar-refractivity contribution in [3.8, 4) is 0 Å². The Kier molecular flexibility index (Phi) is 6.19. The van der Waals surface area contributed by atoms with Gasteiger partial charge in [0, 0.05) is 23.9 Å². The van der Waals surface area contributed by atoms with Gasteiger partial charge in [-0.15, -0.1) is 0 Å². The van der Waals surface area contributed by atoms with Crippen LogP contribution < -0.4 is 5.32 Å². The Labute approximate surface area is 99.9 Å². The highest BCUT2D eigenvalue weighted by molar-refractivity contribution is 5.83. The van der Waals surface area contributed by atoms with Crippen LogP contribution in [0.1, 0.15) is 48.0 Å². The van der Waals surface area contributed by atoms with Crippen LogP contribution in [0.3, 0.4) is 0 Å². The molecule has 16 heavy (non-hydrogen) atoms. The average Bonchev–Trinajstić information content (AvgIpc) is 2.14. The van der Waals surface area contributed by atoms with Gasteiger partial charge in [-0.1, -0.05) is 20.8 Å². The predicted molar refractivity (Wildman–Crippen MR) is 67.7 cm³/mol. The number of carbonyl (C=O) groups excluding carboxylic acids is 1. The van der Waals surface area contributed by atoms with Crippen molar-refractivity contribution >= 4 is 5.78 Å². The summed E-state index contributed by atoms with van der Waals surface area (Å²) in [7, 11) is 0. The Bertz CT molecular complexity index is 216. The molecular weight excluding hydrogens is 202 g/mol. The maximum atomic E-state index is 11.6. The van der Waals surface area contributed by atoms with E-state index in [0.29, 0.717) is 19.6 Å². The van der Waals surface area contributed by atoms with Gasteiger partial charge in [-0.05, 0) is 20.8 Å². The van der Waals surface area contributed by atoms with Gasteiger partial charge in [-0.3, -0.25) is 4.79 Å². The lowest BCUT2D eigenvalue weighted by molar-refractivity contribution is -0.129. The topological polar surface area (TPSA) is 38.3 Å². The normalized spacial score (nSPS) is 12.9. The van der Waals surface area contributed by atoms with Gasteiger partial charge in [0.25, 0.3) is 0 Å². The fourth-order valence-electron chi connectivity index (χ4n) is 1.38. The Morgan fingerprint density at radius 2 is 1.75 bits per heavy atom. The van der Waals surface area contributed by atoms with Gasteiger partial charge in [-0.2, -0.15) is 0 Å². The van der Waals surface area contributed by atoms with Crippen molar-refractivity contribution in [2.75, 3.05) is 19.8 Å². The van der Waals surface area contributed by atoms with Gasteiger partial charge in [0.2, 0.25) is 0 Å². The number of ether oxygens (including phenoxy) is 1. The first-order valence-electron chi connectivity index (χ1n) is 6.05. The molecule has 1 N–H and O–H groups in total. The van der Waals surface area contributed by atoms with E-state index in [4.69, 9.17) is 4.74 Å². The van der Waals surface area contributed by atoms with E-state index in [1.165, 1.54) is 0 Å². The molecule has 0 saturated carbocycles. The molecule has 0 radical (unpaired) electrons. The Morgan fingerprint density at radius 3 is 2.19 bits per heavy atom. The monoisotopic (exact) mass is 229 g/mol. The zero-order chi connectivity index (χ0) is 12.8. The average molecular weight is 229 g/mol. The minimum absolute atomic E-state index is 0.123. The molecule has 96 valence electrons. The first kappa shape index (κ1) is 15.6. The maximum Gasteiger partial charge on any atom is 0.140 e. The molecule has 0 aliphatic carbocycles. The molecule has 0 fully saturated rings. The summed E-state index contributed by atoms with van der Waals surface area (Å²) in [5.41, 5.74) is -0.228. The van der Waals surface area contributed by atoms with Gasteiger partial charge in [0.05, 0.1) is 13.2 Å². The molecule has 0 saturated heterocycles. The van der Waals surface area contributed by atoms with Crippen molar-refractivity contribution < 1.29 is 9.53 Å². The number of Topliss-reactive ketones (excluding diaryl/α,β-unsaturated/α-hetero) is 1.